The van der Waals surface area contributed by atoms with Crippen LogP contribution in [-0.2, 0) is 23.2 Å². The molecule has 0 aromatic heterocycles. The molecule has 2 aromatic carbocycles. The smallest absolute Gasteiger partial charge is 0.0279 e. The largest absolute Gasteiger partial charge is 0.0622 e. The molecule has 6 heteroatoms. The molecule has 0 aliphatic carbocycles. The summed E-state index contributed by atoms with van der Waals surface area (Å²) in [5.41, 5.74) is 2.97. The van der Waals surface area contributed by atoms with E-state index in [9.17, 15) is 0 Å². The van der Waals surface area contributed by atoms with Crippen molar-refractivity contribution in [1.29, 1.82) is 0 Å². The monoisotopic (exact) mass is 404 g/mol. The van der Waals surface area contributed by atoms with Crippen LogP contribution in [-0.4, -0.2) is 68.9 Å². The van der Waals surface area contributed by atoms with E-state index in [1.807, 2.05) is 0 Å². The molecule has 0 unspecified atom stereocenters. The molecule has 0 heterocycles. The summed E-state index contributed by atoms with van der Waals surface area (Å²) in [5.74, 6) is 0. The molecule has 0 fully saturated rings. The predicted octanol–water partition coefficient (Wildman–Crippen LogP) is 4.51. The first-order chi connectivity index (χ1) is 11.9. The molecule has 0 radical (unpaired) electrons. The average molecular weight is 405 g/mol. The Morgan fingerprint density at radius 3 is 1.15 bits per heavy atom. The molecule has 0 bridgehead atoms. The van der Waals surface area contributed by atoms with Gasteiger partial charge in [-0.2, -0.15) is 8.42 Å². The van der Waals surface area contributed by atoms with Crippen molar-refractivity contribution < 1.29 is 17.5 Å². The maximum atomic E-state index is 8.74. The van der Waals surface area contributed by atoms with E-state index in [1.165, 1.54) is 62.5 Å². The Bertz CT molecular complexity index is 607. The van der Waals surface area contributed by atoms with Crippen LogP contribution in [0.2, 0.25) is 0 Å². The van der Waals surface area contributed by atoms with E-state index in [4.69, 9.17) is 17.5 Å². The Morgan fingerprint density at radius 2 is 0.846 bits per heavy atom. The van der Waals surface area contributed by atoms with Crippen LogP contribution in [0.5, 0.6) is 0 Å². The fourth-order valence-corrected chi connectivity index (χ4v) is 2.65. The molecule has 0 saturated carbocycles. The van der Waals surface area contributed by atoms with Crippen LogP contribution in [0.15, 0.2) is 60.7 Å². The third-order valence-corrected chi connectivity index (χ3v) is 3.87. The van der Waals surface area contributed by atoms with Gasteiger partial charge in [-0.25, -0.2) is 0 Å². The topological polar surface area (TPSA) is 74.6 Å². The number of hydrogen-bond acceptors (Lipinski definition) is 2. The second-order valence-electron chi connectivity index (χ2n) is 6.04. The molecule has 2 rings (SSSR count). The summed E-state index contributed by atoms with van der Waals surface area (Å²) in [4.78, 5) is 0. The summed E-state index contributed by atoms with van der Waals surface area (Å²) in [6.07, 6.45) is 10.7. The van der Waals surface area contributed by atoms with Crippen LogP contribution >= 0.6 is 0 Å². The number of benzene rings is 2. The molecular weight excluding hydrogens is 375 g/mol. The zero-order valence-corrected chi connectivity index (χ0v) is 15.4. The molecule has 140 valence electrons. The molecule has 0 aliphatic rings. The SMILES string of the molecule is O=S(=O)(O)O.[KH].c1ccc(CCCCCCCCc2ccccc2)cc1. The van der Waals surface area contributed by atoms with Gasteiger partial charge < -0.3 is 0 Å². The van der Waals surface area contributed by atoms with Crippen molar-refractivity contribution >= 4 is 61.8 Å². The number of hydrogen-bond donors (Lipinski definition) is 2. The van der Waals surface area contributed by atoms with Crippen molar-refractivity contribution in [2.75, 3.05) is 0 Å². The number of rotatable bonds is 9. The van der Waals surface area contributed by atoms with Gasteiger partial charge >= 0.3 is 61.8 Å². The van der Waals surface area contributed by atoms with Crippen molar-refractivity contribution in [1.82, 2.24) is 0 Å². The fourth-order valence-electron chi connectivity index (χ4n) is 2.65. The number of unbranched alkanes of at least 4 members (excludes halogenated alkanes) is 5. The minimum absolute atomic E-state index is 0. The van der Waals surface area contributed by atoms with Crippen molar-refractivity contribution in [3.8, 4) is 0 Å². The first kappa shape index (κ1) is 25.9. The van der Waals surface area contributed by atoms with E-state index >= 15 is 0 Å². The van der Waals surface area contributed by atoms with Crippen molar-refractivity contribution in [3.05, 3.63) is 71.8 Å². The Balaban J connectivity index is 0.000000923. The second-order valence-corrected chi connectivity index (χ2v) is 6.94. The van der Waals surface area contributed by atoms with Gasteiger partial charge in [-0.3, -0.25) is 9.11 Å². The van der Waals surface area contributed by atoms with E-state index in [2.05, 4.69) is 60.7 Å². The van der Waals surface area contributed by atoms with Crippen LogP contribution in [0.4, 0.5) is 0 Å². The number of aryl methyl sites for hydroxylation is 2. The van der Waals surface area contributed by atoms with E-state index in [1.54, 1.807) is 0 Å². The summed E-state index contributed by atoms with van der Waals surface area (Å²) < 4.78 is 31.6. The maximum absolute atomic E-state index is 8.74. The Hall–Kier alpha value is -0.0536. The van der Waals surface area contributed by atoms with Gasteiger partial charge in [0.2, 0.25) is 0 Å². The predicted molar refractivity (Wildman–Crippen MR) is 109 cm³/mol. The van der Waals surface area contributed by atoms with E-state index < -0.39 is 10.4 Å². The van der Waals surface area contributed by atoms with Crippen LogP contribution in [0.3, 0.4) is 0 Å². The molecular formula is C20H29KO4S. The van der Waals surface area contributed by atoms with Gasteiger partial charge in [0, 0.05) is 0 Å². The second kappa shape index (κ2) is 16.0. The van der Waals surface area contributed by atoms with Gasteiger partial charge in [0.15, 0.2) is 0 Å². The summed E-state index contributed by atoms with van der Waals surface area (Å²) in [5, 5.41) is 0. The Kier molecular flexibility index (Phi) is 15.9. The summed E-state index contributed by atoms with van der Waals surface area (Å²) in [6.45, 7) is 0. The molecule has 0 saturated heterocycles. The summed E-state index contributed by atoms with van der Waals surface area (Å²) in [7, 11) is -4.67. The van der Waals surface area contributed by atoms with Gasteiger partial charge in [0.1, 0.15) is 0 Å². The zero-order chi connectivity index (χ0) is 18.4. The molecule has 0 atom stereocenters. The van der Waals surface area contributed by atoms with Crippen molar-refractivity contribution in [3.63, 3.8) is 0 Å². The van der Waals surface area contributed by atoms with Crippen LogP contribution in [0, 0.1) is 0 Å². The van der Waals surface area contributed by atoms with Gasteiger partial charge in [-0.05, 0) is 36.8 Å². The Labute approximate surface area is 200 Å². The van der Waals surface area contributed by atoms with Gasteiger partial charge in [0.05, 0.1) is 0 Å². The average Bonchev–Trinajstić information content (AvgIpc) is 2.58. The molecule has 0 aliphatic heterocycles. The summed E-state index contributed by atoms with van der Waals surface area (Å²) >= 11 is 0. The fraction of sp³-hybridized carbons (Fsp3) is 0.400. The molecule has 2 N–H and O–H groups in total. The Morgan fingerprint density at radius 1 is 0.577 bits per heavy atom. The molecule has 0 spiro atoms. The minimum Gasteiger partial charge on any atom is -0.0622 e. The van der Waals surface area contributed by atoms with Crippen molar-refractivity contribution in [2.45, 2.75) is 51.4 Å². The standard InChI is InChI=1S/C20H26.K.H2O4S.H/c1(3-7-13-19-15-9-5-10-16-19)2-4-8-14-20-17-11-6-12-18-20;;1-5(2,3)4;/h5-6,9-12,15-18H,1-4,7-8,13-14H2;;(H2,1,2,3,4);. The van der Waals surface area contributed by atoms with Crippen LogP contribution in [0.25, 0.3) is 0 Å². The first-order valence-electron chi connectivity index (χ1n) is 8.73. The van der Waals surface area contributed by atoms with Crippen LogP contribution < -0.4 is 0 Å². The maximum Gasteiger partial charge on any atom is -0.0279 e. The molecule has 4 nitrogen and oxygen atoms in total. The van der Waals surface area contributed by atoms with Gasteiger partial charge in [-0.1, -0.05) is 86.3 Å². The van der Waals surface area contributed by atoms with Crippen molar-refractivity contribution in [2.24, 2.45) is 0 Å². The van der Waals surface area contributed by atoms with E-state index in [-0.39, 0.29) is 51.4 Å². The molecule has 26 heavy (non-hydrogen) atoms. The van der Waals surface area contributed by atoms with Crippen LogP contribution in [0.1, 0.15) is 49.7 Å². The molecule has 2 aromatic rings. The summed E-state index contributed by atoms with van der Waals surface area (Å²) in [6, 6.07) is 21.7. The molecule has 0 amide bonds. The zero-order valence-electron chi connectivity index (χ0n) is 14.5. The van der Waals surface area contributed by atoms with E-state index in [0.717, 1.165) is 0 Å². The quantitative estimate of drug-likeness (QED) is 0.366. The third kappa shape index (κ3) is 17.4. The van der Waals surface area contributed by atoms with E-state index in [0.29, 0.717) is 0 Å². The normalized spacial score (nSPS) is 10.4. The minimum atomic E-state index is -4.67. The van der Waals surface area contributed by atoms with Gasteiger partial charge in [-0.15, -0.1) is 0 Å². The third-order valence-electron chi connectivity index (χ3n) is 3.87. The van der Waals surface area contributed by atoms with Gasteiger partial charge in [0.25, 0.3) is 0 Å². The first-order valence-corrected chi connectivity index (χ1v) is 10.1.